The molecule has 2 aromatic carbocycles. The largest absolute Gasteiger partial charge is 0.325 e. The Hall–Kier alpha value is -2.50. The van der Waals surface area contributed by atoms with E-state index in [0.717, 1.165) is 32.4 Å². The van der Waals surface area contributed by atoms with Crippen LogP contribution < -0.4 is 10.6 Å². The van der Waals surface area contributed by atoms with E-state index in [1.165, 1.54) is 0 Å². The van der Waals surface area contributed by atoms with Crippen LogP contribution in [0.1, 0.15) is 11.1 Å². The summed E-state index contributed by atoms with van der Waals surface area (Å²) >= 11 is 3.42. The monoisotopic (exact) mass is 409 g/mol. The van der Waals surface area contributed by atoms with Crippen molar-refractivity contribution in [2.75, 3.05) is 11.9 Å². The highest BCUT2D eigenvalue weighted by Gasteiger charge is 2.05. The molecule has 0 atom stereocenters. The summed E-state index contributed by atoms with van der Waals surface area (Å²) in [5.41, 5.74) is 5.26. The van der Waals surface area contributed by atoms with E-state index in [9.17, 15) is 4.79 Å². The minimum Gasteiger partial charge on any atom is -0.325 e. The molecule has 132 valence electrons. The predicted octanol–water partition coefficient (Wildman–Crippen LogP) is 4.55. The average molecular weight is 410 g/mol. The molecule has 0 spiro atoms. The predicted molar refractivity (Wildman–Crippen MR) is 109 cm³/mol. The van der Waals surface area contributed by atoms with Crippen molar-refractivity contribution in [3.8, 4) is 11.1 Å². The molecule has 3 aromatic rings. The molecule has 0 aliphatic carbocycles. The fourth-order valence-corrected chi connectivity index (χ4v) is 3.16. The molecule has 0 fully saturated rings. The van der Waals surface area contributed by atoms with E-state index in [2.05, 4.69) is 49.7 Å². The molecular weight excluding hydrogens is 390 g/mol. The Morgan fingerprint density at radius 1 is 1.04 bits per heavy atom. The highest BCUT2D eigenvalue weighted by molar-refractivity contribution is 9.10. The average Bonchev–Trinajstić information content (AvgIpc) is 2.65. The molecular formula is C21H20BrN3O. The van der Waals surface area contributed by atoms with Crippen LogP contribution >= 0.6 is 15.9 Å². The van der Waals surface area contributed by atoms with Crippen LogP contribution in [0.5, 0.6) is 0 Å². The Labute approximate surface area is 161 Å². The van der Waals surface area contributed by atoms with Crippen LogP contribution in [0, 0.1) is 6.92 Å². The van der Waals surface area contributed by atoms with Crippen LogP contribution in [0.4, 0.5) is 5.69 Å². The molecule has 0 radical (unpaired) electrons. The Morgan fingerprint density at radius 2 is 1.85 bits per heavy atom. The number of benzene rings is 2. The number of rotatable bonds is 6. The number of nitrogens with zero attached hydrogens (tertiary/aromatic N) is 1. The second-order valence-corrected chi connectivity index (χ2v) is 6.96. The Bertz CT molecular complexity index is 897. The number of hydrogen-bond donors (Lipinski definition) is 2. The molecule has 0 saturated heterocycles. The van der Waals surface area contributed by atoms with Gasteiger partial charge in [0.2, 0.25) is 5.91 Å². The van der Waals surface area contributed by atoms with Gasteiger partial charge >= 0.3 is 0 Å². The molecule has 1 aromatic heterocycles. The van der Waals surface area contributed by atoms with Crippen LogP contribution in [0.2, 0.25) is 0 Å². The zero-order valence-electron chi connectivity index (χ0n) is 14.5. The first kappa shape index (κ1) is 18.3. The molecule has 1 amide bonds. The zero-order chi connectivity index (χ0) is 18.4. The maximum atomic E-state index is 12.1. The highest BCUT2D eigenvalue weighted by Crippen LogP contribution is 2.20. The smallest absolute Gasteiger partial charge is 0.238 e. The van der Waals surface area contributed by atoms with Crippen molar-refractivity contribution >= 4 is 27.5 Å². The normalized spacial score (nSPS) is 10.5. The minimum atomic E-state index is -0.0549. The third kappa shape index (κ3) is 5.00. The second kappa shape index (κ2) is 8.74. The summed E-state index contributed by atoms with van der Waals surface area (Å²) in [5.74, 6) is -0.0549. The lowest BCUT2D eigenvalue weighted by molar-refractivity contribution is -0.115. The second-order valence-electron chi connectivity index (χ2n) is 6.05. The van der Waals surface area contributed by atoms with Crippen molar-refractivity contribution in [2.45, 2.75) is 13.5 Å². The molecule has 0 bridgehead atoms. The molecule has 3 rings (SSSR count). The molecule has 2 N–H and O–H groups in total. The van der Waals surface area contributed by atoms with E-state index in [1.807, 2.05) is 43.3 Å². The van der Waals surface area contributed by atoms with Gasteiger partial charge < -0.3 is 10.6 Å². The minimum absolute atomic E-state index is 0.0549. The topological polar surface area (TPSA) is 54.0 Å². The molecule has 5 heteroatoms. The first-order valence-electron chi connectivity index (χ1n) is 8.38. The number of aromatic nitrogens is 1. The van der Waals surface area contributed by atoms with Gasteiger partial charge in [0, 0.05) is 29.1 Å². The van der Waals surface area contributed by atoms with Gasteiger partial charge in [0.15, 0.2) is 0 Å². The lowest BCUT2D eigenvalue weighted by atomic mass is 10.0. The zero-order valence-corrected chi connectivity index (χ0v) is 16.1. The summed E-state index contributed by atoms with van der Waals surface area (Å²) < 4.78 is 1.00. The molecule has 26 heavy (non-hydrogen) atoms. The maximum absolute atomic E-state index is 12.1. The number of carbonyl (C=O) groups excluding carboxylic acids is 1. The van der Waals surface area contributed by atoms with E-state index in [1.54, 1.807) is 12.4 Å². The van der Waals surface area contributed by atoms with Gasteiger partial charge in [0.25, 0.3) is 0 Å². The fraction of sp³-hybridized carbons (Fsp3) is 0.143. The number of pyridine rings is 1. The van der Waals surface area contributed by atoms with Crippen LogP contribution in [-0.4, -0.2) is 17.4 Å². The van der Waals surface area contributed by atoms with Crippen LogP contribution in [0.3, 0.4) is 0 Å². The van der Waals surface area contributed by atoms with Gasteiger partial charge in [-0.3, -0.25) is 9.78 Å². The van der Waals surface area contributed by atoms with E-state index < -0.39 is 0 Å². The van der Waals surface area contributed by atoms with Gasteiger partial charge in [-0.25, -0.2) is 0 Å². The van der Waals surface area contributed by atoms with Gasteiger partial charge in [-0.1, -0.05) is 34.1 Å². The van der Waals surface area contributed by atoms with Crippen molar-refractivity contribution in [1.29, 1.82) is 0 Å². The fourth-order valence-electron chi connectivity index (χ4n) is 2.69. The quantitative estimate of drug-likeness (QED) is 0.627. The summed E-state index contributed by atoms with van der Waals surface area (Å²) in [6.07, 6.45) is 3.57. The third-order valence-corrected chi connectivity index (χ3v) is 4.51. The highest BCUT2D eigenvalue weighted by atomic mass is 79.9. The first-order chi connectivity index (χ1) is 12.6. The number of halogens is 1. The van der Waals surface area contributed by atoms with Gasteiger partial charge in [-0.15, -0.1) is 0 Å². The molecule has 1 heterocycles. The van der Waals surface area contributed by atoms with Crippen molar-refractivity contribution in [1.82, 2.24) is 10.3 Å². The van der Waals surface area contributed by atoms with Crippen LogP contribution in [0.15, 0.2) is 71.5 Å². The number of anilines is 1. The van der Waals surface area contributed by atoms with Crippen molar-refractivity contribution in [3.63, 3.8) is 0 Å². The third-order valence-electron chi connectivity index (χ3n) is 4.02. The Morgan fingerprint density at radius 3 is 2.62 bits per heavy atom. The molecule has 4 nitrogen and oxygen atoms in total. The van der Waals surface area contributed by atoms with Crippen molar-refractivity contribution in [3.05, 3.63) is 82.6 Å². The SMILES string of the molecule is Cc1cc(Br)ccc1NC(=O)CNCc1cccc(-c2ccncc2)c1. The van der Waals surface area contributed by atoms with E-state index in [0.29, 0.717) is 6.54 Å². The van der Waals surface area contributed by atoms with E-state index in [4.69, 9.17) is 0 Å². The molecule has 0 aliphatic rings. The number of aryl methyl sites for hydroxylation is 1. The number of hydrogen-bond acceptors (Lipinski definition) is 3. The number of nitrogens with one attached hydrogen (secondary N) is 2. The number of carbonyl (C=O) groups is 1. The first-order valence-corrected chi connectivity index (χ1v) is 9.17. The van der Waals surface area contributed by atoms with Gasteiger partial charge in [-0.05, 0) is 65.6 Å². The lowest BCUT2D eigenvalue weighted by Gasteiger charge is -2.10. The maximum Gasteiger partial charge on any atom is 0.238 e. The summed E-state index contributed by atoms with van der Waals surface area (Å²) in [4.78, 5) is 16.2. The van der Waals surface area contributed by atoms with Crippen LogP contribution in [-0.2, 0) is 11.3 Å². The lowest BCUT2D eigenvalue weighted by Crippen LogP contribution is -2.28. The summed E-state index contributed by atoms with van der Waals surface area (Å²) in [6.45, 7) is 2.86. The molecule has 0 saturated carbocycles. The van der Waals surface area contributed by atoms with E-state index >= 15 is 0 Å². The standard InChI is InChI=1S/C21H20BrN3O/c1-15-11-19(22)5-6-20(15)25-21(26)14-24-13-16-3-2-4-18(12-16)17-7-9-23-10-8-17/h2-12,24H,13-14H2,1H3,(H,25,26). The summed E-state index contributed by atoms with van der Waals surface area (Å²) in [6, 6.07) is 18.0. The summed E-state index contributed by atoms with van der Waals surface area (Å²) in [5, 5.41) is 6.13. The summed E-state index contributed by atoms with van der Waals surface area (Å²) in [7, 11) is 0. The van der Waals surface area contributed by atoms with E-state index in [-0.39, 0.29) is 12.5 Å². The number of amides is 1. The Kier molecular flexibility index (Phi) is 6.15. The van der Waals surface area contributed by atoms with Crippen LogP contribution in [0.25, 0.3) is 11.1 Å². The van der Waals surface area contributed by atoms with Crippen molar-refractivity contribution in [2.24, 2.45) is 0 Å². The van der Waals surface area contributed by atoms with Gasteiger partial charge in [0.05, 0.1) is 6.54 Å². The van der Waals surface area contributed by atoms with Gasteiger partial charge in [0.1, 0.15) is 0 Å². The molecule has 0 aliphatic heterocycles. The van der Waals surface area contributed by atoms with Crippen molar-refractivity contribution < 1.29 is 4.79 Å². The molecule has 0 unspecified atom stereocenters. The van der Waals surface area contributed by atoms with Gasteiger partial charge in [-0.2, -0.15) is 0 Å². The Balaban J connectivity index is 1.54.